The Bertz CT molecular complexity index is 2870. The second-order valence-corrected chi connectivity index (χ2v) is 17.0. The molecule has 1 fully saturated rings. The van der Waals surface area contributed by atoms with E-state index >= 15 is 4.39 Å². The predicted octanol–water partition coefficient (Wildman–Crippen LogP) is 8.74. The number of aryl methyl sites for hydroxylation is 2. The van der Waals surface area contributed by atoms with Crippen molar-refractivity contribution in [2.24, 2.45) is 0 Å². The van der Waals surface area contributed by atoms with Gasteiger partial charge >= 0.3 is 6.18 Å². The van der Waals surface area contributed by atoms with Crippen molar-refractivity contribution < 1.29 is 45.1 Å². The molecular weight excluding hydrogens is 869 g/mol. The molecule has 328 valence electrons. The molecule has 6 aromatic rings. The van der Waals surface area contributed by atoms with E-state index in [0.717, 1.165) is 29.3 Å². The molecule has 2 unspecified atom stereocenters. The van der Waals surface area contributed by atoms with E-state index in [2.05, 4.69) is 19.7 Å². The molecule has 0 spiro atoms. The number of nitrogens with zero attached hydrogens (tertiary/aromatic N) is 5. The van der Waals surface area contributed by atoms with Crippen molar-refractivity contribution in [1.29, 1.82) is 5.26 Å². The van der Waals surface area contributed by atoms with E-state index in [1.165, 1.54) is 30.0 Å². The fraction of sp³-hybridized carbons (Fsp3) is 0.250. The Kier molecular flexibility index (Phi) is 13.5. The number of aromatic nitrogens is 3. The first kappa shape index (κ1) is 46.1. The van der Waals surface area contributed by atoms with Crippen LogP contribution in [-0.4, -0.2) is 71.7 Å². The Balaban J connectivity index is 0.000000211. The lowest BCUT2D eigenvalue weighted by molar-refractivity contribution is -0.137. The van der Waals surface area contributed by atoms with Crippen LogP contribution >= 0.6 is 11.6 Å². The number of sulfonamides is 1. The number of pyridine rings is 2. The number of likely N-dealkylation sites (N-methyl/N-ethyl adjacent to an activating group) is 1. The summed E-state index contributed by atoms with van der Waals surface area (Å²) in [5.41, 5.74) is 0.300. The van der Waals surface area contributed by atoms with Crippen LogP contribution < -0.4 is 14.5 Å². The molecule has 1 aliphatic rings. The molecule has 0 saturated carbocycles. The van der Waals surface area contributed by atoms with Gasteiger partial charge in [0.05, 0.1) is 28.7 Å². The Morgan fingerprint density at radius 1 is 1.06 bits per heavy atom. The van der Waals surface area contributed by atoms with Crippen molar-refractivity contribution in [2.45, 2.75) is 51.9 Å². The lowest BCUT2D eigenvalue weighted by atomic mass is 10.00. The first-order valence-electron chi connectivity index (χ1n) is 19.3. The van der Waals surface area contributed by atoms with Crippen LogP contribution in [0.1, 0.15) is 58.1 Å². The topological polar surface area (TPSA) is 172 Å². The van der Waals surface area contributed by atoms with E-state index in [4.69, 9.17) is 11.6 Å². The zero-order valence-electron chi connectivity index (χ0n) is 34.1. The highest BCUT2D eigenvalue weighted by atomic mass is 35.5. The zero-order valence-corrected chi connectivity index (χ0v) is 35.6. The maximum Gasteiger partial charge on any atom is 0.417 e. The maximum absolute atomic E-state index is 15.1. The van der Waals surface area contributed by atoms with Crippen LogP contribution in [0, 0.1) is 36.8 Å². The summed E-state index contributed by atoms with van der Waals surface area (Å²) in [5.74, 6) is -4.30. The van der Waals surface area contributed by atoms with Gasteiger partial charge in [0.1, 0.15) is 35.0 Å². The van der Waals surface area contributed by atoms with Gasteiger partial charge in [-0.25, -0.2) is 27.2 Å². The van der Waals surface area contributed by atoms with Crippen molar-refractivity contribution >= 4 is 61.5 Å². The number of carbonyl (C=O) groups is 2. The number of nitriles is 1. The van der Waals surface area contributed by atoms with Crippen molar-refractivity contribution in [1.82, 2.24) is 15.0 Å². The number of benzene rings is 3. The molecule has 3 aromatic carbocycles. The summed E-state index contributed by atoms with van der Waals surface area (Å²) in [6.07, 6.45) is -2.46. The Hall–Kier alpha value is -6.42. The number of anilines is 3. The summed E-state index contributed by atoms with van der Waals surface area (Å²) >= 11 is 5.93. The number of aliphatic hydroxyl groups excluding tert-OH is 1. The average Bonchev–Trinajstić information content (AvgIpc) is 3.84. The quantitative estimate of drug-likeness (QED) is 0.0898. The van der Waals surface area contributed by atoms with Crippen LogP contribution in [0.3, 0.4) is 0 Å². The normalized spacial score (nSPS) is 15.1. The van der Waals surface area contributed by atoms with Gasteiger partial charge in [-0.05, 0) is 86.3 Å². The van der Waals surface area contributed by atoms with E-state index in [-0.39, 0.29) is 35.8 Å². The molecule has 1 saturated heterocycles. The lowest BCUT2D eigenvalue weighted by Gasteiger charge is -2.31. The fourth-order valence-electron chi connectivity index (χ4n) is 7.13. The lowest BCUT2D eigenvalue weighted by Crippen LogP contribution is -2.49. The van der Waals surface area contributed by atoms with Crippen molar-refractivity contribution in [3.05, 3.63) is 135 Å². The maximum atomic E-state index is 15.1. The summed E-state index contributed by atoms with van der Waals surface area (Å²) in [5, 5.41) is 20.9. The third-order valence-electron chi connectivity index (χ3n) is 10.2. The van der Waals surface area contributed by atoms with Crippen LogP contribution in [0.4, 0.5) is 39.1 Å². The largest absolute Gasteiger partial charge is 0.417 e. The summed E-state index contributed by atoms with van der Waals surface area (Å²) in [4.78, 5) is 40.3. The van der Waals surface area contributed by atoms with Gasteiger partial charge in [-0.3, -0.25) is 14.3 Å². The molecule has 2 atom stereocenters. The highest BCUT2D eigenvalue weighted by Crippen LogP contribution is 2.38. The number of nitrogens with one attached hydrogen (secondary N) is 2. The average molecular weight is 908 g/mol. The first-order chi connectivity index (χ1) is 29.7. The number of alkyl halides is 3. The van der Waals surface area contributed by atoms with Crippen molar-refractivity contribution in [2.75, 3.05) is 33.9 Å². The smallest absolute Gasteiger partial charge is 0.390 e. The number of amides is 1. The molecule has 12 nitrogen and oxygen atoms in total. The van der Waals surface area contributed by atoms with E-state index in [0.29, 0.717) is 33.7 Å². The number of H-pyrrole nitrogens is 1. The van der Waals surface area contributed by atoms with Gasteiger partial charge in [0.25, 0.3) is 5.91 Å². The van der Waals surface area contributed by atoms with Crippen LogP contribution in [0.25, 0.3) is 22.2 Å². The number of hydrogen-bond donors (Lipinski definition) is 3. The van der Waals surface area contributed by atoms with Crippen LogP contribution in [0.2, 0.25) is 5.02 Å². The fourth-order valence-corrected chi connectivity index (χ4v) is 8.38. The van der Waals surface area contributed by atoms with E-state index in [9.17, 15) is 45.9 Å². The Morgan fingerprint density at radius 3 is 2.43 bits per heavy atom. The molecule has 3 aromatic heterocycles. The molecule has 4 heterocycles. The highest BCUT2D eigenvalue weighted by Gasteiger charge is 2.44. The highest BCUT2D eigenvalue weighted by molar-refractivity contribution is 7.92. The van der Waals surface area contributed by atoms with Gasteiger partial charge < -0.3 is 19.9 Å². The minimum Gasteiger partial charge on any atom is -0.390 e. The second kappa shape index (κ2) is 18.5. The second-order valence-electron chi connectivity index (χ2n) is 14.7. The molecule has 19 heteroatoms. The van der Waals surface area contributed by atoms with Gasteiger partial charge in [-0.15, -0.1) is 0 Å². The molecule has 1 aliphatic heterocycles. The molecule has 0 aliphatic carbocycles. The number of halogens is 6. The predicted molar refractivity (Wildman–Crippen MR) is 229 cm³/mol. The number of aliphatic hydroxyl groups is 1. The monoisotopic (exact) mass is 907 g/mol. The van der Waals surface area contributed by atoms with Crippen LogP contribution in [0.5, 0.6) is 0 Å². The number of ketones is 1. The zero-order chi connectivity index (χ0) is 46.0. The molecular formula is C44H39ClF5N7O5S. The van der Waals surface area contributed by atoms with E-state index in [1.807, 2.05) is 13.0 Å². The summed E-state index contributed by atoms with van der Waals surface area (Å²) < 4.78 is 96.3. The summed E-state index contributed by atoms with van der Waals surface area (Å²) in [6, 6.07) is 18.9. The van der Waals surface area contributed by atoms with Gasteiger partial charge in [0.2, 0.25) is 15.8 Å². The van der Waals surface area contributed by atoms with Crippen LogP contribution in [0.15, 0.2) is 85.2 Å². The Labute approximate surface area is 364 Å². The standard InChI is InChI=1S/C23H18ClF2N3O3S.C21H21F3N4O2/c1-2-9-33(31,32)29-19-8-7-18(25)20(21(19)26)22(30)17-12-28-23-16(17)10-14(11-27-23)13-3-5-15(24)6-4-13;1-12-5-4-6-14(9-12)27(3)20(30)18-17(29)7-8-28(18)19-15(11-25)16(21(22,23)24)10-13(2)26-19/h3-8,10-12,29H,2,9H2,1H3,(H,27,28);4-6,9-10,17-18,29H,7-8H2,1-3H3. The SMILES string of the molecule is CCCS(=O)(=O)Nc1ccc(F)c(C(=O)c2c[nH]c3ncc(-c4ccc(Cl)cc4)cc23)c1F.Cc1cccc(N(C)C(=O)C2C(O)CCN2c2nc(C)cc(C(F)(F)F)c2C#N)c1. The number of aromatic amines is 1. The Morgan fingerprint density at radius 2 is 1.78 bits per heavy atom. The van der Waals surface area contributed by atoms with Crippen molar-refractivity contribution in [3.8, 4) is 17.2 Å². The number of fused-ring (bicyclic) bond motifs is 1. The van der Waals surface area contributed by atoms with E-state index in [1.54, 1.807) is 67.7 Å². The summed E-state index contributed by atoms with van der Waals surface area (Å²) in [6.45, 7) is 5.01. The van der Waals surface area contributed by atoms with Gasteiger partial charge in [0.15, 0.2) is 5.82 Å². The number of rotatable bonds is 10. The van der Waals surface area contributed by atoms with Gasteiger partial charge in [-0.2, -0.15) is 18.4 Å². The minimum atomic E-state index is -4.75. The molecule has 1 amide bonds. The molecule has 63 heavy (non-hydrogen) atoms. The summed E-state index contributed by atoms with van der Waals surface area (Å²) in [7, 11) is -2.30. The first-order valence-corrected chi connectivity index (χ1v) is 21.3. The third-order valence-corrected chi connectivity index (χ3v) is 11.9. The van der Waals surface area contributed by atoms with Gasteiger partial charge in [-0.1, -0.05) is 42.8 Å². The number of carbonyl (C=O) groups excluding carboxylic acids is 2. The van der Waals surface area contributed by atoms with Crippen LogP contribution in [-0.2, 0) is 21.0 Å². The molecule has 0 bridgehead atoms. The van der Waals surface area contributed by atoms with E-state index < -0.39 is 74.0 Å². The molecule has 0 radical (unpaired) electrons. The third kappa shape index (κ3) is 9.96. The molecule has 7 rings (SSSR count). The number of hydrogen-bond acceptors (Lipinski definition) is 9. The van der Waals surface area contributed by atoms with Crippen molar-refractivity contribution in [3.63, 3.8) is 0 Å². The minimum absolute atomic E-state index is 0.000297. The van der Waals surface area contributed by atoms with Gasteiger partial charge in [0, 0.05) is 58.9 Å². The molecule has 3 N–H and O–H groups in total.